The lowest BCUT2D eigenvalue weighted by atomic mass is 9.67. The van der Waals surface area contributed by atoms with Crippen LogP contribution in [0, 0.1) is 21.4 Å². The summed E-state index contributed by atoms with van der Waals surface area (Å²) in [6, 6.07) is 14.2. The standard InChI is InChI=1S/C19H19N3O3/c1-18(11-13-10-14(22(24)25)8-9-17(13)23)15-6-4-5-7-16(15)21(3)19(18,2)12-20/h4-10,23H,11H2,1-3H3. The maximum absolute atomic E-state index is 11.1. The minimum absolute atomic E-state index is 0.000788. The summed E-state index contributed by atoms with van der Waals surface area (Å²) in [4.78, 5) is 12.5. The Balaban J connectivity index is 2.17. The van der Waals surface area contributed by atoms with Crippen LogP contribution in [0.1, 0.15) is 25.0 Å². The second-order valence-corrected chi connectivity index (χ2v) is 6.84. The van der Waals surface area contributed by atoms with Crippen LogP contribution in [0.4, 0.5) is 11.4 Å². The molecule has 25 heavy (non-hydrogen) atoms. The molecule has 6 nitrogen and oxygen atoms in total. The minimum Gasteiger partial charge on any atom is -0.508 e. The highest BCUT2D eigenvalue weighted by atomic mass is 16.6. The van der Waals surface area contributed by atoms with Crippen LogP contribution in [0.25, 0.3) is 0 Å². The number of anilines is 1. The van der Waals surface area contributed by atoms with Crippen LogP contribution in [0.15, 0.2) is 42.5 Å². The number of rotatable bonds is 3. The molecular weight excluding hydrogens is 318 g/mol. The molecule has 1 heterocycles. The molecular formula is C19H19N3O3. The SMILES string of the molecule is CN1c2ccccc2C(C)(Cc2cc([N+](=O)[O-])ccc2O)C1(C)C#N. The van der Waals surface area contributed by atoms with Gasteiger partial charge in [0.1, 0.15) is 11.3 Å². The van der Waals surface area contributed by atoms with E-state index in [1.807, 2.05) is 50.1 Å². The summed E-state index contributed by atoms with van der Waals surface area (Å²) < 4.78 is 0. The summed E-state index contributed by atoms with van der Waals surface area (Å²) in [6.45, 7) is 3.83. The predicted octanol–water partition coefficient (Wildman–Crippen LogP) is 3.53. The fourth-order valence-electron chi connectivity index (χ4n) is 3.78. The number of phenolic OH excluding ortho intramolecular Hbond substituents is 1. The third-order valence-corrected chi connectivity index (χ3v) is 5.64. The third-order valence-electron chi connectivity index (χ3n) is 5.64. The van der Waals surface area contributed by atoms with Crippen LogP contribution in [0.2, 0.25) is 0 Å². The van der Waals surface area contributed by atoms with Gasteiger partial charge in [-0.2, -0.15) is 5.26 Å². The predicted molar refractivity (Wildman–Crippen MR) is 94.7 cm³/mol. The second kappa shape index (κ2) is 5.49. The van der Waals surface area contributed by atoms with Gasteiger partial charge in [0.2, 0.25) is 0 Å². The van der Waals surface area contributed by atoms with Crippen molar-refractivity contribution in [2.45, 2.75) is 31.2 Å². The topological polar surface area (TPSA) is 90.4 Å². The van der Waals surface area contributed by atoms with E-state index in [1.165, 1.54) is 18.2 Å². The summed E-state index contributed by atoms with van der Waals surface area (Å²) in [6.07, 6.45) is 0.311. The summed E-state index contributed by atoms with van der Waals surface area (Å²) in [5, 5.41) is 31.2. The first-order valence-corrected chi connectivity index (χ1v) is 7.95. The summed E-state index contributed by atoms with van der Waals surface area (Å²) in [7, 11) is 1.88. The fourth-order valence-corrected chi connectivity index (χ4v) is 3.78. The molecule has 0 amide bonds. The number of non-ortho nitro benzene ring substituents is 1. The van der Waals surface area contributed by atoms with Crippen LogP contribution >= 0.6 is 0 Å². The third kappa shape index (κ3) is 2.23. The van der Waals surface area contributed by atoms with Gasteiger partial charge in [0, 0.05) is 35.8 Å². The van der Waals surface area contributed by atoms with Gasteiger partial charge in [-0.15, -0.1) is 0 Å². The summed E-state index contributed by atoms with van der Waals surface area (Å²) in [5.41, 5.74) is 0.845. The number of nitro benzene ring substituents is 1. The monoisotopic (exact) mass is 337 g/mol. The molecule has 2 aromatic carbocycles. The van der Waals surface area contributed by atoms with E-state index < -0.39 is 15.9 Å². The smallest absolute Gasteiger partial charge is 0.269 e. The number of nitrogens with zero attached hydrogens (tertiary/aromatic N) is 3. The number of aromatic hydroxyl groups is 1. The van der Waals surface area contributed by atoms with Crippen LogP contribution < -0.4 is 4.90 Å². The van der Waals surface area contributed by atoms with Crippen molar-refractivity contribution in [1.29, 1.82) is 5.26 Å². The Morgan fingerprint density at radius 1 is 1.28 bits per heavy atom. The Hall–Kier alpha value is -3.07. The highest BCUT2D eigenvalue weighted by molar-refractivity contribution is 5.69. The van der Waals surface area contributed by atoms with Gasteiger partial charge < -0.3 is 10.0 Å². The Morgan fingerprint density at radius 2 is 1.96 bits per heavy atom. The van der Waals surface area contributed by atoms with Gasteiger partial charge >= 0.3 is 0 Å². The Kier molecular flexibility index (Phi) is 3.68. The molecule has 0 fully saturated rings. The van der Waals surface area contributed by atoms with Gasteiger partial charge in [0.15, 0.2) is 0 Å². The quantitative estimate of drug-likeness (QED) is 0.683. The first-order chi connectivity index (χ1) is 11.7. The summed E-state index contributed by atoms with van der Waals surface area (Å²) >= 11 is 0. The Morgan fingerprint density at radius 3 is 2.60 bits per heavy atom. The summed E-state index contributed by atoms with van der Waals surface area (Å²) in [5.74, 6) is -0.000788. The van der Waals surface area contributed by atoms with E-state index in [9.17, 15) is 20.5 Å². The first-order valence-electron chi connectivity index (χ1n) is 7.95. The molecule has 0 saturated carbocycles. The van der Waals surface area contributed by atoms with Gasteiger partial charge in [-0.3, -0.25) is 10.1 Å². The maximum Gasteiger partial charge on any atom is 0.269 e. The van der Waals surface area contributed by atoms with Crippen LogP contribution in [0.3, 0.4) is 0 Å². The van der Waals surface area contributed by atoms with E-state index in [2.05, 4.69) is 6.07 Å². The number of likely N-dealkylation sites (N-methyl/N-ethyl adjacent to an activating group) is 1. The van der Waals surface area contributed by atoms with Crippen LogP contribution in [-0.2, 0) is 11.8 Å². The number of nitro groups is 1. The fraction of sp³-hybridized carbons (Fsp3) is 0.316. The number of hydrogen-bond acceptors (Lipinski definition) is 5. The van der Waals surface area contributed by atoms with E-state index in [0.717, 1.165) is 11.3 Å². The normalized spacial score (nSPS) is 24.6. The molecule has 2 unspecified atom stereocenters. The molecule has 0 spiro atoms. The van der Waals surface area contributed by atoms with Crippen molar-refractivity contribution >= 4 is 11.4 Å². The lowest BCUT2D eigenvalue weighted by Gasteiger charge is -2.40. The average Bonchev–Trinajstić information content (AvgIpc) is 2.77. The second-order valence-electron chi connectivity index (χ2n) is 6.84. The van der Waals surface area contributed by atoms with Gasteiger partial charge in [0.25, 0.3) is 5.69 Å². The van der Waals surface area contributed by atoms with E-state index >= 15 is 0 Å². The van der Waals surface area contributed by atoms with Crippen molar-refractivity contribution in [3.8, 4) is 11.8 Å². The largest absolute Gasteiger partial charge is 0.508 e. The molecule has 0 aromatic heterocycles. The van der Waals surface area contributed by atoms with Crippen molar-refractivity contribution in [2.75, 3.05) is 11.9 Å². The highest BCUT2D eigenvalue weighted by Crippen LogP contribution is 2.52. The van der Waals surface area contributed by atoms with Gasteiger partial charge in [0.05, 0.1) is 11.0 Å². The first kappa shape index (κ1) is 16.8. The zero-order valence-electron chi connectivity index (χ0n) is 14.4. The van der Waals surface area contributed by atoms with E-state index in [0.29, 0.717) is 12.0 Å². The number of nitriles is 1. The van der Waals surface area contributed by atoms with Crippen LogP contribution in [-0.4, -0.2) is 22.6 Å². The highest BCUT2D eigenvalue weighted by Gasteiger charge is 2.56. The van der Waals surface area contributed by atoms with Gasteiger partial charge in [-0.05, 0) is 31.0 Å². The maximum atomic E-state index is 11.1. The molecule has 6 heteroatoms. The lowest BCUT2D eigenvalue weighted by molar-refractivity contribution is -0.384. The van der Waals surface area contributed by atoms with E-state index in [4.69, 9.17) is 0 Å². The molecule has 0 aliphatic carbocycles. The zero-order valence-corrected chi connectivity index (χ0v) is 14.4. The minimum atomic E-state index is -0.853. The molecule has 2 aromatic rings. The van der Waals surface area contributed by atoms with Crippen LogP contribution in [0.5, 0.6) is 5.75 Å². The van der Waals surface area contributed by atoms with Crippen molar-refractivity contribution < 1.29 is 10.0 Å². The number of phenols is 1. The average molecular weight is 337 g/mol. The van der Waals surface area contributed by atoms with Crippen molar-refractivity contribution in [3.05, 3.63) is 63.7 Å². The molecule has 0 radical (unpaired) electrons. The Labute approximate surface area is 146 Å². The molecule has 0 saturated heterocycles. The molecule has 1 aliphatic rings. The molecule has 1 aliphatic heterocycles. The van der Waals surface area contributed by atoms with E-state index in [1.54, 1.807) is 0 Å². The zero-order chi connectivity index (χ0) is 18.4. The van der Waals surface area contributed by atoms with Crippen molar-refractivity contribution in [3.63, 3.8) is 0 Å². The molecule has 0 bridgehead atoms. The molecule has 1 N–H and O–H groups in total. The number of para-hydroxylation sites is 1. The number of fused-ring (bicyclic) bond motifs is 1. The van der Waals surface area contributed by atoms with Gasteiger partial charge in [-0.1, -0.05) is 25.1 Å². The van der Waals surface area contributed by atoms with Crippen molar-refractivity contribution in [1.82, 2.24) is 0 Å². The van der Waals surface area contributed by atoms with E-state index in [-0.39, 0.29) is 11.4 Å². The molecule has 3 rings (SSSR count). The number of hydrogen-bond donors (Lipinski definition) is 1. The molecule has 2 atom stereocenters. The Bertz CT molecular complexity index is 905. The number of benzene rings is 2. The van der Waals surface area contributed by atoms with Crippen molar-refractivity contribution in [2.24, 2.45) is 0 Å². The lowest BCUT2D eigenvalue weighted by Crippen LogP contribution is -2.53. The van der Waals surface area contributed by atoms with Gasteiger partial charge in [-0.25, -0.2) is 0 Å². The molecule has 128 valence electrons.